The zero-order valence-corrected chi connectivity index (χ0v) is 14.6. The largest absolute Gasteiger partial charge is 0.466 e. The minimum absolute atomic E-state index is 0.0463. The van der Waals surface area contributed by atoms with Crippen LogP contribution in [-0.4, -0.2) is 48.0 Å². The number of nitrogens with zero attached hydrogens (tertiary/aromatic N) is 2. The third-order valence-corrected chi connectivity index (χ3v) is 3.96. The first-order valence-electron chi connectivity index (χ1n) is 8.71. The fourth-order valence-corrected chi connectivity index (χ4v) is 2.84. The SMILES string of the molecule is CCc1nn(CCCOC(C)=O)c2c1C(=O)NCCCOCCC2. The van der Waals surface area contributed by atoms with Gasteiger partial charge in [-0.2, -0.15) is 5.10 Å². The molecule has 24 heavy (non-hydrogen) atoms. The molecule has 0 aliphatic carbocycles. The van der Waals surface area contributed by atoms with Crippen LogP contribution >= 0.6 is 0 Å². The molecule has 1 aromatic heterocycles. The molecule has 1 N–H and O–H groups in total. The lowest BCUT2D eigenvalue weighted by Crippen LogP contribution is -2.26. The maximum atomic E-state index is 12.6. The highest BCUT2D eigenvalue weighted by Gasteiger charge is 2.22. The Hall–Kier alpha value is -1.89. The summed E-state index contributed by atoms with van der Waals surface area (Å²) < 4.78 is 12.5. The Morgan fingerprint density at radius 2 is 2.17 bits per heavy atom. The van der Waals surface area contributed by atoms with Gasteiger partial charge in [0.05, 0.1) is 23.6 Å². The molecule has 7 heteroatoms. The van der Waals surface area contributed by atoms with Crippen molar-refractivity contribution in [3.05, 3.63) is 17.0 Å². The zero-order chi connectivity index (χ0) is 17.4. The number of aromatic nitrogens is 2. The summed E-state index contributed by atoms with van der Waals surface area (Å²) in [6.45, 7) is 6.37. The third-order valence-electron chi connectivity index (χ3n) is 3.96. The van der Waals surface area contributed by atoms with Crippen molar-refractivity contribution in [2.45, 2.75) is 52.5 Å². The van der Waals surface area contributed by atoms with E-state index in [1.165, 1.54) is 6.92 Å². The summed E-state index contributed by atoms with van der Waals surface area (Å²) in [7, 11) is 0. The number of nitrogens with one attached hydrogen (secondary N) is 1. The quantitative estimate of drug-likeness (QED) is 0.650. The Kier molecular flexibility index (Phi) is 7.24. The van der Waals surface area contributed by atoms with Crippen LogP contribution in [0.1, 0.15) is 54.9 Å². The van der Waals surface area contributed by atoms with Gasteiger partial charge >= 0.3 is 5.97 Å². The maximum Gasteiger partial charge on any atom is 0.302 e. The van der Waals surface area contributed by atoms with Crippen LogP contribution in [0.25, 0.3) is 0 Å². The van der Waals surface area contributed by atoms with Crippen molar-refractivity contribution in [1.29, 1.82) is 0 Å². The van der Waals surface area contributed by atoms with Gasteiger partial charge in [0.2, 0.25) is 0 Å². The summed E-state index contributed by atoms with van der Waals surface area (Å²) in [6, 6.07) is 0. The molecule has 2 heterocycles. The highest BCUT2D eigenvalue weighted by molar-refractivity contribution is 5.96. The molecular formula is C17H27N3O4. The first-order valence-corrected chi connectivity index (χ1v) is 8.71. The fraction of sp³-hybridized carbons (Fsp3) is 0.706. The molecule has 2 rings (SSSR count). The number of esters is 1. The molecule has 0 saturated heterocycles. The van der Waals surface area contributed by atoms with Gasteiger partial charge in [0.1, 0.15) is 0 Å². The number of fused-ring (bicyclic) bond motifs is 1. The minimum Gasteiger partial charge on any atom is -0.466 e. The molecule has 0 spiro atoms. The van der Waals surface area contributed by atoms with Gasteiger partial charge in [-0.1, -0.05) is 6.92 Å². The molecule has 0 unspecified atom stereocenters. The van der Waals surface area contributed by atoms with Gasteiger partial charge in [-0.05, 0) is 25.7 Å². The lowest BCUT2D eigenvalue weighted by atomic mass is 10.1. The minimum atomic E-state index is -0.277. The van der Waals surface area contributed by atoms with Crippen molar-refractivity contribution >= 4 is 11.9 Å². The van der Waals surface area contributed by atoms with E-state index in [9.17, 15) is 9.59 Å². The Balaban J connectivity index is 2.18. The van der Waals surface area contributed by atoms with E-state index in [4.69, 9.17) is 9.47 Å². The second kappa shape index (κ2) is 9.42. The third kappa shape index (κ3) is 5.06. The fourth-order valence-electron chi connectivity index (χ4n) is 2.84. The van der Waals surface area contributed by atoms with Gasteiger partial charge in [0.15, 0.2) is 0 Å². The van der Waals surface area contributed by atoms with Gasteiger partial charge in [-0.15, -0.1) is 0 Å². The maximum absolute atomic E-state index is 12.6. The number of rotatable bonds is 5. The lowest BCUT2D eigenvalue weighted by Gasteiger charge is -2.09. The van der Waals surface area contributed by atoms with Crippen LogP contribution in [0, 0.1) is 0 Å². The normalized spacial score (nSPS) is 16.0. The average molecular weight is 337 g/mol. The van der Waals surface area contributed by atoms with E-state index in [0.29, 0.717) is 51.3 Å². The van der Waals surface area contributed by atoms with Crippen molar-refractivity contribution in [2.24, 2.45) is 0 Å². The molecular weight excluding hydrogens is 310 g/mol. The van der Waals surface area contributed by atoms with Gasteiger partial charge < -0.3 is 14.8 Å². The first-order chi connectivity index (χ1) is 11.6. The molecule has 1 aliphatic heterocycles. The summed E-state index contributed by atoms with van der Waals surface area (Å²) in [5.74, 6) is -0.324. The van der Waals surface area contributed by atoms with Crippen LogP contribution in [0.4, 0.5) is 0 Å². The smallest absolute Gasteiger partial charge is 0.302 e. The number of hydrogen-bond acceptors (Lipinski definition) is 5. The number of ether oxygens (including phenoxy) is 2. The van der Waals surface area contributed by atoms with Crippen molar-refractivity contribution in [3.63, 3.8) is 0 Å². The molecule has 0 aromatic carbocycles. The Labute approximate surface area is 142 Å². The van der Waals surface area contributed by atoms with E-state index in [-0.39, 0.29) is 11.9 Å². The molecule has 1 aliphatic rings. The number of aryl methyl sites for hydroxylation is 2. The molecule has 0 saturated carbocycles. The molecule has 0 atom stereocenters. The molecule has 1 aromatic rings. The van der Waals surface area contributed by atoms with E-state index >= 15 is 0 Å². The van der Waals surface area contributed by atoms with Gasteiger partial charge in [0, 0.05) is 39.6 Å². The van der Waals surface area contributed by atoms with E-state index in [0.717, 1.165) is 30.7 Å². The monoisotopic (exact) mass is 337 g/mol. The van der Waals surface area contributed by atoms with Crippen LogP contribution in [0.2, 0.25) is 0 Å². The second-order valence-electron chi connectivity index (χ2n) is 5.86. The predicted molar refractivity (Wildman–Crippen MR) is 88.9 cm³/mol. The van der Waals surface area contributed by atoms with Gasteiger partial charge in [-0.25, -0.2) is 0 Å². The number of hydrogen-bond donors (Lipinski definition) is 1. The van der Waals surface area contributed by atoms with E-state index < -0.39 is 0 Å². The molecule has 0 radical (unpaired) electrons. The van der Waals surface area contributed by atoms with Gasteiger partial charge in [-0.3, -0.25) is 14.3 Å². The molecule has 0 fully saturated rings. The van der Waals surface area contributed by atoms with E-state index in [1.807, 2.05) is 11.6 Å². The van der Waals surface area contributed by atoms with E-state index in [1.54, 1.807) is 0 Å². The van der Waals surface area contributed by atoms with Crippen LogP contribution < -0.4 is 5.32 Å². The van der Waals surface area contributed by atoms with Gasteiger partial charge in [0.25, 0.3) is 5.91 Å². The average Bonchev–Trinajstić information content (AvgIpc) is 2.89. The summed E-state index contributed by atoms with van der Waals surface area (Å²) in [6.07, 6.45) is 3.82. The van der Waals surface area contributed by atoms with Crippen LogP contribution in [-0.2, 0) is 33.7 Å². The van der Waals surface area contributed by atoms with Crippen molar-refractivity contribution in [1.82, 2.24) is 15.1 Å². The molecule has 134 valence electrons. The number of carbonyl (C=O) groups excluding carboxylic acids is 2. The highest BCUT2D eigenvalue weighted by Crippen LogP contribution is 2.18. The van der Waals surface area contributed by atoms with E-state index in [2.05, 4.69) is 10.4 Å². The Morgan fingerprint density at radius 3 is 2.92 bits per heavy atom. The van der Waals surface area contributed by atoms with Crippen LogP contribution in [0.3, 0.4) is 0 Å². The summed E-state index contributed by atoms with van der Waals surface area (Å²) in [5.41, 5.74) is 2.50. The standard InChI is InChI=1S/C17H27N3O4/c1-3-14-16-15(20(19-14)9-6-12-24-13(2)21)7-4-10-23-11-5-8-18-17(16)22/h3-12H2,1-2H3,(H,18,22). The molecule has 1 amide bonds. The second-order valence-corrected chi connectivity index (χ2v) is 5.86. The number of amides is 1. The van der Waals surface area contributed by atoms with Crippen molar-refractivity contribution in [2.75, 3.05) is 26.4 Å². The van der Waals surface area contributed by atoms with Crippen LogP contribution in [0.15, 0.2) is 0 Å². The summed E-state index contributed by atoms with van der Waals surface area (Å²) in [4.78, 5) is 23.4. The Bertz CT molecular complexity index is 568. The first kappa shape index (κ1) is 18.4. The lowest BCUT2D eigenvalue weighted by molar-refractivity contribution is -0.141. The Morgan fingerprint density at radius 1 is 1.38 bits per heavy atom. The molecule has 7 nitrogen and oxygen atoms in total. The number of carbonyl (C=O) groups is 2. The van der Waals surface area contributed by atoms with Crippen molar-refractivity contribution < 1.29 is 19.1 Å². The highest BCUT2D eigenvalue weighted by atomic mass is 16.5. The summed E-state index contributed by atoms with van der Waals surface area (Å²) >= 11 is 0. The van der Waals surface area contributed by atoms with Crippen molar-refractivity contribution in [3.8, 4) is 0 Å². The predicted octanol–water partition coefficient (Wildman–Crippen LogP) is 1.48. The van der Waals surface area contributed by atoms with Crippen LogP contribution in [0.5, 0.6) is 0 Å². The summed E-state index contributed by atoms with van der Waals surface area (Å²) in [5, 5.41) is 7.58. The topological polar surface area (TPSA) is 82.5 Å². The zero-order valence-electron chi connectivity index (χ0n) is 14.6. The molecule has 0 bridgehead atoms.